The normalized spacial score (nSPS) is 11.2. The topological polar surface area (TPSA) is 54.5 Å². The van der Waals surface area contributed by atoms with Gasteiger partial charge in [0, 0.05) is 40.5 Å². The molecule has 130 valence electrons. The quantitative estimate of drug-likeness (QED) is 0.528. The minimum Gasteiger partial charge on any atom is -0.346 e. The van der Waals surface area contributed by atoms with Gasteiger partial charge in [-0.3, -0.25) is 0 Å². The van der Waals surface area contributed by atoms with Gasteiger partial charge in [0.25, 0.3) is 0 Å². The smallest absolute Gasteiger partial charge is 0.216 e. The van der Waals surface area contributed by atoms with E-state index in [1.165, 1.54) is 6.33 Å². The van der Waals surface area contributed by atoms with E-state index in [0.29, 0.717) is 24.1 Å². The third-order valence-electron chi connectivity index (χ3n) is 4.41. The Kier molecular flexibility index (Phi) is 4.63. The van der Waals surface area contributed by atoms with Gasteiger partial charge in [-0.05, 0) is 36.1 Å². The number of rotatable bonds is 5. The molecule has 0 aliphatic heterocycles. The van der Waals surface area contributed by atoms with Gasteiger partial charge < -0.3 is 4.98 Å². The third kappa shape index (κ3) is 3.44. The predicted molar refractivity (Wildman–Crippen MR) is 99.7 cm³/mol. The number of fused-ring (bicyclic) bond motifs is 1. The van der Waals surface area contributed by atoms with Crippen LogP contribution in [-0.4, -0.2) is 19.9 Å². The third-order valence-corrected chi connectivity index (χ3v) is 4.78. The van der Waals surface area contributed by atoms with Crippen molar-refractivity contribution in [3.8, 4) is 0 Å². The highest BCUT2D eigenvalue weighted by Gasteiger charge is 2.11. The van der Waals surface area contributed by atoms with E-state index in [9.17, 15) is 4.39 Å². The van der Waals surface area contributed by atoms with E-state index in [1.54, 1.807) is 12.3 Å². The first-order valence-electron chi connectivity index (χ1n) is 8.34. The first-order valence-corrected chi connectivity index (χ1v) is 8.72. The summed E-state index contributed by atoms with van der Waals surface area (Å²) < 4.78 is 14.5. The number of pyridine rings is 1. The van der Waals surface area contributed by atoms with E-state index in [4.69, 9.17) is 11.6 Å². The van der Waals surface area contributed by atoms with Crippen LogP contribution in [0.15, 0.2) is 55.1 Å². The summed E-state index contributed by atoms with van der Waals surface area (Å²) in [6.07, 6.45) is 6.87. The molecule has 0 saturated heterocycles. The largest absolute Gasteiger partial charge is 0.346 e. The van der Waals surface area contributed by atoms with Gasteiger partial charge >= 0.3 is 0 Å². The van der Waals surface area contributed by atoms with Crippen LogP contribution in [0.2, 0.25) is 5.02 Å². The van der Waals surface area contributed by atoms with Crippen molar-refractivity contribution in [3.63, 3.8) is 0 Å². The summed E-state index contributed by atoms with van der Waals surface area (Å²) in [4.78, 5) is 15.4. The zero-order valence-electron chi connectivity index (χ0n) is 13.9. The molecule has 4 rings (SSSR count). The lowest BCUT2D eigenvalue weighted by Crippen LogP contribution is -2.01. The van der Waals surface area contributed by atoms with Crippen LogP contribution in [0.4, 0.5) is 4.39 Å². The molecular weight excluding hydrogens is 351 g/mol. The second-order valence-electron chi connectivity index (χ2n) is 6.12. The zero-order chi connectivity index (χ0) is 17.9. The van der Waals surface area contributed by atoms with Crippen molar-refractivity contribution in [1.29, 1.82) is 0 Å². The van der Waals surface area contributed by atoms with Crippen LogP contribution in [-0.2, 0) is 19.3 Å². The van der Waals surface area contributed by atoms with Crippen molar-refractivity contribution in [2.75, 3.05) is 0 Å². The van der Waals surface area contributed by atoms with Gasteiger partial charge in [0.05, 0.1) is 0 Å². The minimum absolute atomic E-state index is 0.437. The summed E-state index contributed by atoms with van der Waals surface area (Å²) in [5, 5.41) is 1.63. The molecule has 0 aliphatic rings. The SMILES string of the molecule is Fc1nc(CCc2ccccc2Cl)ccc1Cc1c[nH]c2ncncc12. The number of nitrogens with zero attached hydrogens (tertiary/aromatic N) is 3. The maximum Gasteiger partial charge on any atom is 0.216 e. The molecule has 3 aromatic heterocycles. The maximum absolute atomic E-state index is 14.5. The van der Waals surface area contributed by atoms with E-state index < -0.39 is 5.95 Å². The number of hydrogen-bond donors (Lipinski definition) is 1. The number of halogens is 2. The van der Waals surface area contributed by atoms with E-state index in [2.05, 4.69) is 19.9 Å². The summed E-state index contributed by atoms with van der Waals surface area (Å²) in [5.74, 6) is -0.437. The summed E-state index contributed by atoms with van der Waals surface area (Å²) in [6, 6.07) is 11.4. The number of aryl methyl sites for hydroxylation is 2. The summed E-state index contributed by atoms with van der Waals surface area (Å²) in [5.41, 5.74) is 4.01. The number of aromatic nitrogens is 4. The lowest BCUT2D eigenvalue weighted by Gasteiger charge is -2.06. The van der Waals surface area contributed by atoms with Gasteiger partial charge in [0.2, 0.25) is 5.95 Å². The molecule has 0 spiro atoms. The molecule has 0 radical (unpaired) electrons. The fraction of sp³-hybridized carbons (Fsp3) is 0.150. The molecule has 0 bridgehead atoms. The van der Waals surface area contributed by atoms with Crippen LogP contribution in [0.25, 0.3) is 11.0 Å². The molecule has 0 unspecified atom stereocenters. The average Bonchev–Trinajstić information content (AvgIpc) is 3.06. The number of benzene rings is 1. The molecule has 4 nitrogen and oxygen atoms in total. The Balaban J connectivity index is 1.50. The molecular formula is C20H16ClFN4. The standard InChI is InChI=1S/C20H16ClFN4/c21-18-4-2-1-3-13(18)5-7-16-8-6-14(19(22)26-16)9-15-10-24-20-17(15)11-23-12-25-20/h1-4,6,8,10-12H,5,7,9H2,(H,23,24,25). The molecule has 0 saturated carbocycles. The average molecular weight is 367 g/mol. The number of hydrogen-bond acceptors (Lipinski definition) is 3. The second-order valence-corrected chi connectivity index (χ2v) is 6.53. The fourth-order valence-electron chi connectivity index (χ4n) is 3.00. The number of H-pyrrole nitrogens is 1. The van der Waals surface area contributed by atoms with Crippen molar-refractivity contribution < 1.29 is 4.39 Å². The highest BCUT2D eigenvalue weighted by atomic mass is 35.5. The molecule has 4 aromatic rings. The zero-order valence-corrected chi connectivity index (χ0v) is 14.7. The molecule has 26 heavy (non-hydrogen) atoms. The molecule has 6 heteroatoms. The van der Waals surface area contributed by atoms with Crippen LogP contribution in [0.1, 0.15) is 22.4 Å². The van der Waals surface area contributed by atoms with Crippen LogP contribution in [0.3, 0.4) is 0 Å². The molecule has 0 fully saturated rings. The maximum atomic E-state index is 14.5. The first kappa shape index (κ1) is 16.7. The van der Waals surface area contributed by atoms with Gasteiger partial charge in [-0.2, -0.15) is 4.39 Å². The van der Waals surface area contributed by atoms with E-state index in [1.807, 2.05) is 36.5 Å². The molecule has 0 atom stereocenters. The Labute approximate surface area is 155 Å². The fourth-order valence-corrected chi connectivity index (χ4v) is 3.23. The first-order chi connectivity index (χ1) is 12.7. The Morgan fingerprint density at radius 1 is 1.00 bits per heavy atom. The van der Waals surface area contributed by atoms with Crippen molar-refractivity contribution in [2.45, 2.75) is 19.3 Å². The van der Waals surface area contributed by atoms with Crippen LogP contribution in [0, 0.1) is 5.95 Å². The second kappa shape index (κ2) is 7.22. The van der Waals surface area contributed by atoms with Crippen LogP contribution >= 0.6 is 11.6 Å². The molecule has 3 heterocycles. The van der Waals surface area contributed by atoms with Gasteiger partial charge in [0.1, 0.15) is 12.0 Å². The van der Waals surface area contributed by atoms with Crippen molar-refractivity contribution in [1.82, 2.24) is 19.9 Å². The number of aromatic amines is 1. The summed E-state index contributed by atoms with van der Waals surface area (Å²) >= 11 is 6.17. The van der Waals surface area contributed by atoms with Gasteiger partial charge in [0.15, 0.2) is 0 Å². The Morgan fingerprint density at radius 2 is 1.88 bits per heavy atom. The monoisotopic (exact) mass is 366 g/mol. The van der Waals surface area contributed by atoms with E-state index in [0.717, 1.165) is 33.6 Å². The summed E-state index contributed by atoms with van der Waals surface area (Å²) in [6.45, 7) is 0. The molecule has 1 N–H and O–H groups in total. The summed E-state index contributed by atoms with van der Waals surface area (Å²) in [7, 11) is 0. The minimum atomic E-state index is -0.437. The van der Waals surface area contributed by atoms with E-state index >= 15 is 0 Å². The van der Waals surface area contributed by atoms with Gasteiger partial charge in [-0.25, -0.2) is 15.0 Å². The molecule has 0 aliphatic carbocycles. The Bertz CT molecular complexity index is 1060. The van der Waals surface area contributed by atoms with Gasteiger partial charge in [-0.1, -0.05) is 35.9 Å². The van der Waals surface area contributed by atoms with Crippen molar-refractivity contribution in [2.24, 2.45) is 0 Å². The van der Waals surface area contributed by atoms with Crippen molar-refractivity contribution >= 4 is 22.6 Å². The van der Waals surface area contributed by atoms with Crippen LogP contribution in [0.5, 0.6) is 0 Å². The highest BCUT2D eigenvalue weighted by molar-refractivity contribution is 6.31. The highest BCUT2D eigenvalue weighted by Crippen LogP contribution is 2.21. The lowest BCUT2D eigenvalue weighted by molar-refractivity contribution is 0.563. The Hall–Kier alpha value is -2.79. The predicted octanol–water partition coefficient (Wildman–Crippen LogP) is 4.52. The van der Waals surface area contributed by atoms with Crippen LogP contribution < -0.4 is 0 Å². The van der Waals surface area contributed by atoms with Gasteiger partial charge in [-0.15, -0.1) is 0 Å². The lowest BCUT2D eigenvalue weighted by atomic mass is 10.0. The van der Waals surface area contributed by atoms with Crippen molar-refractivity contribution in [3.05, 3.63) is 88.5 Å². The molecule has 1 aromatic carbocycles. The Morgan fingerprint density at radius 3 is 2.73 bits per heavy atom. The molecule has 0 amide bonds. The van der Waals surface area contributed by atoms with E-state index in [-0.39, 0.29) is 0 Å². The number of nitrogens with one attached hydrogen (secondary N) is 1.